The Kier molecular flexibility index (Phi) is 11.9. The van der Waals surface area contributed by atoms with E-state index in [2.05, 4.69) is 90.7 Å². The molecule has 1 N–H and O–H groups in total. The molecule has 9 nitrogen and oxygen atoms in total. The van der Waals surface area contributed by atoms with E-state index in [1.807, 2.05) is 19.1 Å². The number of ether oxygens (including phenoxy) is 4. The molecular weight excluding hydrogens is 793 g/mol. The lowest BCUT2D eigenvalue weighted by atomic mass is 9.71. The molecule has 0 saturated heterocycles. The van der Waals surface area contributed by atoms with Gasteiger partial charge in [0.2, 0.25) is 0 Å². The molecule has 9 rings (SSSR count). The molecule has 5 aromatic rings. The molecule has 1 aliphatic carbocycles. The van der Waals surface area contributed by atoms with Gasteiger partial charge in [-0.3, -0.25) is 4.79 Å². The minimum atomic E-state index is -1.31. The van der Waals surface area contributed by atoms with Gasteiger partial charge in [0.25, 0.3) is 0 Å². The van der Waals surface area contributed by atoms with Gasteiger partial charge in [-0.15, -0.1) is 0 Å². The molecule has 0 amide bonds. The van der Waals surface area contributed by atoms with Crippen molar-refractivity contribution in [2.45, 2.75) is 94.9 Å². The summed E-state index contributed by atoms with van der Waals surface area (Å²) in [6.07, 6.45) is 5.43. The quantitative estimate of drug-likeness (QED) is 0.0563. The highest BCUT2D eigenvalue weighted by molar-refractivity contribution is 5.90. The van der Waals surface area contributed by atoms with Gasteiger partial charge < -0.3 is 28.5 Å². The molecule has 4 heterocycles. The van der Waals surface area contributed by atoms with E-state index < -0.39 is 35.4 Å². The second-order valence-corrected chi connectivity index (χ2v) is 17.6. The minimum absolute atomic E-state index is 0.0491. The first-order valence-corrected chi connectivity index (χ1v) is 22.0. The van der Waals surface area contributed by atoms with Crippen molar-refractivity contribution in [2.24, 2.45) is 5.92 Å². The van der Waals surface area contributed by atoms with E-state index in [-0.39, 0.29) is 42.8 Å². The largest absolute Gasteiger partial charge is 0.482 e. The number of esters is 2. The van der Waals surface area contributed by atoms with Gasteiger partial charge >= 0.3 is 17.6 Å². The third-order valence-electron chi connectivity index (χ3n) is 13.3. The van der Waals surface area contributed by atoms with Crippen LogP contribution in [-0.4, -0.2) is 49.1 Å². The fraction of sp³-hybridized carbons (Fsp3) is 0.352. The maximum atomic E-state index is 14.9. The Labute approximate surface area is 367 Å². The molecule has 322 valence electrons. The number of aryl methyl sites for hydroxylation is 1. The predicted octanol–water partition coefficient (Wildman–Crippen LogP) is 8.96. The number of rotatable bonds is 7. The Morgan fingerprint density at radius 3 is 2.57 bits per heavy atom. The Balaban J connectivity index is 1.19. The van der Waals surface area contributed by atoms with Crippen LogP contribution in [0.3, 0.4) is 0 Å². The normalized spacial score (nSPS) is 25.0. The van der Waals surface area contributed by atoms with Crippen molar-refractivity contribution in [2.75, 3.05) is 20.3 Å². The lowest BCUT2D eigenvalue weighted by molar-refractivity contribution is -0.190. The van der Waals surface area contributed by atoms with Crippen molar-refractivity contribution in [3.8, 4) is 17.6 Å². The molecule has 0 fully saturated rings. The van der Waals surface area contributed by atoms with E-state index >= 15 is 0 Å². The Bertz CT molecular complexity index is 2750. The number of hydrogen-bond donors (Lipinski definition) is 1. The number of aliphatic hydroxyl groups is 1. The lowest BCUT2D eigenvalue weighted by Gasteiger charge is -2.44. The van der Waals surface area contributed by atoms with Crippen LogP contribution in [0.4, 0.5) is 0 Å². The highest BCUT2D eigenvalue weighted by Crippen LogP contribution is 2.49. The van der Waals surface area contributed by atoms with Crippen molar-refractivity contribution in [1.82, 2.24) is 0 Å². The first-order valence-electron chi connectivity index (χ1n) is 22.0. The van der Waals surface area contributed by atoms with Gasteiger partial charge in [-0.25, -0.2) is 9.59 Å². The van der Waals surface area contributed by atoms with Gasteiger partial charge in [0.05, 0.1) is 25.2 Å². The number of benzene rings is 4. The maximum Gasteiger partial charge on any atom is 0.339 e. The monoisotopic (exact) mass is 844 g/mol. The van der Waals surface area contributed by atoms with Crippen LogP contribution in [0, 0.1) is 17.8 Å². The predicted molar refractivity (Wildman–Crippen MR) is 239 cm³/mol. The Morgan fingerprint density at radius 2 is 1.75 bits per heavy atom. The van der Waals surface area contributed by atoms with E-state index in [9.17, 15) is 19.5 Å². The standard InChI is InChI=1S/C54H52O9/c1-33(32-55)43-19-15-35-16-20-44-39(27-35)13-7-8-24-54(2)51(62-53(43)58)50(48-46(63-54)22-18-40-30-41(23-25-59-3)52(57)61-49(40)48)60-47(56)31-42-29-38(17-21-45(42)44)37-14-9-12-36(28-37)26-34-10-5-4-6-11-34/h4-6,9-12,14,16-18,20-22,27-28,30,38,42,45,50-51,55H,13,15,19,23-26,29,31-32H2,1-3H3. The summed E-state index contributed by atoms with van der Waals surface area (Å²) in [5.41, 5.74) is 6.72. The molecule has 6 unspecified atom stereocenters. The number of carbonyl (C=O) groups is 2. The summed E-state index contributed by atoms with van der Waals surface area (Å²) in [5, 5.41) is 10.9. The van der Waals surface area contributed by atoms with Gasteiger partial charge in [0.1, 0.15) is 11.3 Å². The van der Waals surface area contributed by atoms with Crippen LogP contribution < -0.4 is 10.4 Å². The summed E-state index contributed by atoms with van der Waals surface area (Å²) in [4.78, 5) is 42.9. The van der Waals surface area contributed by atoms with Gasteiger partial charge in [-0.05, 0) is 103 Å². The van der Waals surface area contributed by atoms with Gasteiger partial charge in [-0.2, -0.15) is 0 Å². The van der Waals surface area contributed by atoms with Gasteiger partial charge in [-0.1, -0.05) is 96.8 Å². The zero-order valence-corrected chi connectivity index (χ0v) is 36.0. The second kappa shape index (κ2) is 17.9. The number of allylic oxidation sites excluding steroid dienone is 2. The fourth-order valence-corrected chi connectivity index (χ4v) is 9.88. The number of hydrogen-bond acceptors (Lipinski definition) is 9. The van der Waals surface area contributed by atoms with E-state index in [1.165, 1.54) is 16.7 Å². The van der Waals surface area contributed by atoms with Crippen molar-refractivity contribution in [3.63, 3.8) is 0 Å². The SMILES string of the molecule is COCCc1cc2ccc3c(c2oc1=O)C1OC(=O)CC2CC(c4cccc(Cc5ccccc5)c4)C=CC2c2ccc4cc2CC#CCC(C)(O3)C1OC(=O)C(=C(C)CO)CC4. The highest BCUT2D eigenvalue weighted by atomic mass is 16.6. The van der Waals surface area contributed by atoms with Crippen molar-refractivity contribution >= 4 is 22.9 Å². The molecular formula is C54H52O9. The molecule has 1 aromatic heterocycles. The number of methoxy groups -OCH3 is 1. The second-order valence-electron chi connectivity index (χ2n) is 17.6. The zero-order chi connectivity index (χ0) is 43.7. The average molecular weight is 845 g/mol. The van der Waals surface area contributed by atoms with E-state index in [0.29, 0.717) is 72.1 Å². The Morgan fingerprint density at radius 1 is 0.905 bits per heavy atom. The molecule has 4 aliphatic rings. The molecule has 63 heavy (non-hydrogen) atoms. The van der Waals surface area contributed by atoms with Crippen LogP contribution in [0.1, 0.15) is 102 Å². The molecule has 4 aromatic carbocycles. The summed E-state index contributed by atoms with van der Waals surface area (Å²) in [6, 6.07) is 30.9. The molecule has 0 spiro atoms. The van der Waals surface area contributed by atoms with Crippen LogP contribution in [0.15, 0.2) is 124 Å². The number of carbonyl (C=O) groups excluding carboxylic acids is 2. The summed E-state index contributed by atoms with van der Waals surface area (Å²) < 4.78 is 31.3. The summed E-state index contributed by atoms with van der Waals surface area (Å²) >= 11 is 0. The highest BCUT2D eigenvalue weighted by Gasteiger charge is 2.53. The fourth-order valence-electron chi connectivity index (χ4n) is 9.88. The lowest BCUT2D eigenvalue weighted by Crippen LogP contribution is -2.54. The van der Waals surface area contributed by atoms with E-state index in [4.69, 9.17) is 23.4 Å². The third kappa shape index (κ3) is 8.63. The smallest absolute Gasteiger partial charge is 0.339 e. The topological polar surface area (TPSA) is 122 Å². The van der Waals surface area contributed by atoms with Crippen LogP contribution in [0.25, 0.3) is 11.0 Å². The van der Waals surface area contributed by atoms with Crippen LogP contribution in [0.2, 0.25) is 0 Å². The summed E-state index contributed by atoms with van der Waals surface area (Å²) in [5.74, 6) is 5.77. The van der Waals surface area contributed by atoms with Gasteiger partial charge in [0, 0.05) is 54.7 Å². The maximum absolute atomic E-state index is 14.9. The third-order valence-corrected chi connectivity index (χ3v) is 13.3. The number of aliphatic hydroxyl groups excluding tert-OH is 1. The van der Waals surface area contributed by atoms with Gasteiger partial charge in [0.15, 0.2) is 17.8 Å². The average Bonchev–Trinajstić information content (AvgIpc) is 3.28. The molecule has 0 saturated carbocycles. The van der Waals surface area contributed by atoms with Crippen LogP contribution in [-0.2, 0) is 49.5 Å². The molecule has 0 radical (unpaired) electrons. The summed E-state index contributed by atoms with van der Waals surface area (Å²) in [6.45, 7) is 3.51. The zero-order valence-electron chi connectivity index (χ0n) is 36.0. The van der Waals surface area contributed by atoms with Crippen LogP contribution in [0.5, 0.6) is 5.75 Å². The Hall–Kier alpha value is -6.21. The van der Waals surface area contributed by atoms with Crippen molar-refractivity contribution in [3.05, 3.63) is 169 Å². The molecule has 9 heteroatoms. The molecule has 5 bridgehead atoms. The van der Waals surface area contributed by atoms with E-state index in [0.717, 1.165) is 23.1 Å². The first-order chi connectivity index (χ1) is 30.6. The van der Waals surface area contributed by atoms with Crippen LogP contribution >= 0.6 is 0 Å². The van der Waals surface area contributed by atoms with E-state index in [1.54, 1.807) is 26.2 Å². The molecule has 6 atom stereocenters. The van der Waals surface area contributed by atoms with Crippen molar-refractivity contribution in [1.29, 1.82) is 0 Å². The summed E-state index contributed by atoms with van der Waals surface area (Å²) in [7, 11) is 1.57. The minimum Gasteiger partial charge on any atom is -0.482 e. The molecule has 3 aliphatic heterocycles. The van der Waals surface area contributed by atoms with Crippen molar-refractivity contribution < 1.29 is 38.1 Å². The number of fused-ring (bicyclic) bond motifs is 9. The first kappa shape index (κ1) is 42.1.